The number of rotatable bonds is 4. The van der Waals surface area contributed by atoms with Crippen molar-refractivity contribution in [3.05, 3.63) is 35.4 Å². The first-order chi connectivity index (χ1) is 11.9. The molecule has 2 fully saturated rings. The average molecular weight is 351 g/mol. The van der Waals surface area contributed by atoms with E-state index in [1.807, 2.05) is 11.8 Å². The molecule has 1 aromatic carbocycles. The van der Waals surface area contributed by atoms with Gasteiger partial charge in [-0.2, -0.15) is 0 Å². The van der Waals surface area contributed by atoms with Crippen LogP contribution >= 0.6 is 0 Å². The van der Waals surface area contributed by atoms with Crippen LogP contribution in [-0.2, 0) is 4.79 Å². The number of hydrogen-bond donors (Lipinski definition) is 1. The Morgan fingerprint density at radius 3 is 2.40 bits per heavy atom. The highest BCUT2D eigenvalue weighted by Crippen LogP contribution is 2.31. The number of benzene rings is 1. The van der Waals surface area contributed by atoms with Gasteiger partial charge in [-0.1, -0.05) is 25.8 Å². The molecular formula is C19H27F2N3O. The van der Waals surface area contributed by atoms with E-state index in [9.17, 15) is 13.6 Å². The van der Waals surface area contributed by atoms with Crippen molar-refractivity contribution in [2.75, 3.05) is 26.2 Å². The molecule has 25 heavy (non-hydrogen) atoms. The van der Waals surface area contributed by atoms with Gasteiger partial charge in [0.1, 0.15) is 11.6 Å². The van der Waals surface area contributed by atoms with Crippen molar-refractivity contribution >= 4 is 5.91 Å². The lowest BCUT2D eigenvalue weighted by molar-refractivity contribution is -0.139. The maximum atomic E-state index is 14.2. The molecule has 4 nitrogen and oxygen atoms in total. The minimum Gasteiger partial charge on any atom is -0.339 e. The molecule has 0 spiro atoms. The summed E-state index contributed by atoms with van der Waals surface area (Å²) in [6, 6.07) is 3.68. The van der Waals surface area contributed by atoms with Gasteiger partial charge in [0.2, 0.25) is 5.91 Å². The number of piperazine rings is 1. The third-order valence-corrected chi connectivity index (χ3v) is 5.67. The van der Waals surface area contributed by atoms with Crippen LogP contribution in [0.5, 0.6) is 0 Å². The topological polar surface area (TPSA) is 49.6 Å². The van der Waals surface area contributed by atoms with E-state index >= 15 is 0 Å². The van der Waals surface area contributed by atoms with Crippen LogP contribution < -0.4 is 5.73 Å². The number of nitrogens with zero attached hydrogens (tertiary/aromatic N) is 2. The summed E-state index contributed by atoms with van der Waals surface area (Å²) in [5, 5.41) is 0. The largest absolute Gasteiger partial charge is 0.339 e. The van der Waals surface area contributed by atoms with Crippen LogP contribution in [0, 0.1) is 11.6 Å². The lowest BCUT2D eigenvalue weighted by atomic mass is 9.96. The molecule has 2 N–H and O–H groups in total. The number of nitrogens with two attached hydrogens (primary N) is 1. The second-order valence-electron chi connectivity index (χ2n) is 7.28. The van der Waals surface area contributed by atoms with Crippen LogP contribution in [0.2, 0.25) is 0 Å². The Morgan fingerprint density at radius 1 is 1.20 bits per heavy atom. The van der Waals surface area contributed by atoms with Crippen molar-refractivity contribution in [1.82, 2.24) is 9.80 Å². The normalized spacial score (nSPS) is 22.2. The number of amides is 1. The van der Waals surface area contributed by atoms with Crippen molar-refractivity contribution in [2.45, 2.75) is 50.6 Å². The second kappa shape index (κ2) is 7.38. The summed E-state index contributed by atoms with van der Waals surface area (Å²) in [6.07, 6.45) is 4.31. The maximum absolute atomic E-state index is 14.2. The van der Waals surface area contributed by atoms with Gasteiger partial charge in [0.25, 0.3) is 0 Å². The Hall–Kier alpha value is -1.53. The van der Waals surface area contributed by atoms with Crippen LogP contribution in [0.1, 0.15) is 50.6 Å². The first-order valence-corrected chi connectivity index (χ1v) is 9.22. The molecule has 1 saturated carbocycles. The zero-order chi connectivity index (χ0) is 18.0. The minimum absolute atomic E-state index is 0.0608. The Morgan fingerprint density at radius 2 is 1.84 bits per heavy atom. The summed E-state index contributed by atoms with van der Waals surface area (Å²) in [5.41, 5.74) is 6.13. The van der Waals surface area contributed by atoms with Crippen LogP contribution in [0.15, 0.2) is 18.2 Å². The Balaban J connectivity index is 1.65. The first kappa shape index (κ1) is 18.3. The van der Waals surface area contributed by atoms with Crippen LogP contribution in [-0.4, -0.2) is 47.4 Å². The van der Waals surface area contributed by atoms with Gasteiger partial charge < -0.3 is 10.6 Å². The third kappa shape index (κ3) is 3.70. The fourth-order valence-corrected chi connectivity index (χ4v) is 4.22. The second-order valence-corrected chi connectivity index (χ2v) is 7.28. The monoisotopic (exact) mass is 351 g/mol. The van der Waals surface area contributed by atoms with Crippen molar-refractivity contribution in [3.63, 3.8) is 0 Å². The highest BCUT2D eigenvalue weighted by molar-refractivity contribution is 5.86. The van der Waals surface area contributed by atoms with Crippen LogP contribution in [0.3, 0.4) is 0 Å². The standard InChI is InChI=1S/C19H27F2N3O/c1-2-17(15-6-5-14(20)13-16(15)21)23-9-11-24(12-10-23)18(25)19(22)7-3-4-8-19/h5-6,13,17H,2-4,7-12,22H2,1H3. The lowest BCUT2D eigenvalue weighted by Crippen LogP contribution is -2.58. The van der Waals surface area contributed by atoms with Gasteiger partial charge in [0.05, 0.1) is 5.54 Å². The first-order valence-electron chi connectivity index (χ1n) is 9.22. The van der Waals surface area contributed by atoms with E-state index < -0.39 is 17.2 Å². The third-order valence-electron chi connectivity index (χ3n) is 5.67. The smallest absolute Gasteiger partial charge is 0.242 e. The SMILES string of the molecule is CCC(c1ccc(F)cc1F)N1CCN(C(=O)C2(N)CCCC2)CC1. The molecule has 1 heterocycles. The van der Waals surface area contributed by atoms with E-state index in [-0.39, 0.29) is 11.9 Å². The summed E-state index contributed by atoms with van der Waals surface area (Å²) < 4.78 is 27.3. The predicted octanol–water partition coefficient (Wildman–Crippen LogP) is 2.83. The molecule has 1 aliphatic carbocycles. The molecule has 1 amide bonds. The highest BCUT2D eigenvalue weighted by atomic mass is 19.1. The van der Waals surface area contributed by atoms with Crippen molar-refractivity contribution < 1.29 is 13.6 Å². The molecule has 1 saturated heterocycles. The number of carbonyl (C=O) groups is 1. The van der Waals surface area contributed by atoms with Gasteiger partial charge in [-0.15, -0.1) is 0 Å². The minimum atomic E-state index is -0.685. The number of hydrogen-bond acceptors (Lipinski definition) is 3. The van der Waals surface area contributed by atoms with E-state index in [1.165, 1.54) is 12.1 Å². The predicted molar refractivity (Wildman–Crippen MR) is 92.9 cm³/mol. The van der Waals surface area contributed by atoms with E-state index in [0.29, 0.717) is 31.7 Å². The summed E-state index contributed by atoms with van der Waals surface area (Å²) >= 11 is 0. The van der Waals surface area contributed by atoms with Crippen LogP contribution in [0.25, 0.3) is 0 Å². The number of carbonyl (C=O) groups excluding carboxylic acids is 1. The van der Waals surface area contributed by atoms with E-state index in [2.05, 4.69) is 4.90 Å². The molecule has 6 heteroatoms. The van der Waals surface area contributed by atoms with E-state index in [1.54, 1.807) is 0 Å². The zero-order valence-corrected chi connectivity index (χ0v) is 14.8. The molecule has 0 radical (unpaired) electrons. The fourth-order valence-electron chi connectivity index (χ4n) is 4.22. The molecule has 0 aromatic heterocycles. The molecule has 3 rings (SSSR count). The summed E-state index contributed by atoms with van der Waals surface area (Å²) in [4.78, 5) is 16.7. The van der Waals surface area contributed by atoms with Crippen molar-refractivity contribution in [1.29, 1.82) is 0 Å². The Kier molecular flexibility index (Phi) is 5.39. The van der Waals surface area contributed by atoms with Crippen molar-refractivity contribution in [3.8, 4) is 0 Å². The highest BCUT2D eigenvalue weighted by Gasteiger charge is 2.41. The van der Waals surface area contributed by atoms with Crippen LogP contribution in [0.4, 0.5) is 8.78 Å². The van der Waals surface area contributed by atoms with Gasteiger partial charge >= 0.3 is 0 Å². The molecule has 1 aliphatic heterocycles. The lowest BCUT2D eigenvalue weighted by Gasteiger charge is -2.41. The number of halogens is 2. The van der Waals surface area contributed by atoms with Gasteiger partial charge in [0, 0.05) is 43.9 Å². The van der Waals surface area contributed by atoms with Crippen molar-refractivity contribution in [2.24, 2.45) is 5.73 Å². The van der Waals surface area contributed by atoms with Gasteiger partial charge in [-0.25, -0.2) is 8.78 Å². The quantitative estimate of drug-likeness (QED) is 0.907. The summed E-state index contributed by atoms with van der Waals surface area (Å²) in [5.74, 6) is -1.00. The Bertz CT molecular complexity index is 623. The van der Waals surface area contributed by atoms with E-state index in [4.69, 9.17) is 5.73 Å². The van der Waals surface area contributed by atoms with Gasteiger partial charge in [-0.05, 0) is 25.3 Å². The average Bonchev–Trinajstić information content (AvgIpc) is 3.05. The molecule has 2 aliphatic rings. The molecule has 1 unspecified atom stereocenters. The van der Waals surface area contributed by atoms with Gasteiger partial charge in [-0.3, -0.25) is 9.69 Å². The molecule has 1 atom stereocenters. The van der Waals surface area contributed by atoms with Gasteiger partial charge in [0.15, 0.2) is 0 Å². The Labute approximate surface area is 148 Å². The zero-order valence-electron chi connectivity index (χ0n) is 14.8. The summed E-state index contributed by atoms with van der Waals surface area (Å²) in [6.45, 7) is 4.57. The van der Waals surface area contributed by atoms with E-state index in [0.717, 1.165) is 38.2 Å². The fraction of sp³-hybridized carbons (Fsp3) is 0.632. The molecular weight excluding hydrogens is 324 g/mol. The molecule has 138 valence electrons. The maximum Gasteiger partial charge on any atom is 0.242 e. The molecule has 1 aromatic rings. The summed E-state index contributed by atoms with van der Waals surface area (Å²) in [7, 11) is 0. The molecule has 0 bridgehead atoms.